The molecule has 1 saturated carbocycles. The van der Waals surface area contributed by atoms with Crippen LogP contribution in [0.1, 0.15) is 49.3 Å². The summed E-state index contributed by atoms with van der Waals surface area (Å²) in [6.07, 6.45) is 2.38. The van der Waals surface area contributed by atoms with E-state index in [1.165, 1.54) is 30.0 Å². The molecule has 1 atom stereocenters. The fraction of sp³-hybridized carbons (Fsp3) is 0.435. The summed E-state index contributed by atoms with van der Waals surface area (Å²) in [5.41, 5.74) is 11.2. The van der Waals surface area contributed by atoms with Gasteiger partial charge >= 0.3 is 0 Å². The van der Waals surface area contributed by atoms with Gasteiger partial charge in [0.05, 0.1) is 5.56 Å². The zero-order chi connectivity index (χ0) is 19.2. The monoisotopic (exact) mass is 363 g/mol. The van der Waals surface area contributed by atoms with E-state index in [1.54, 1.807) is 6.07 Å². The highest BCUT2D eigenvalue weighted by molar-refractivity contribution is 5.71. The van der Waals surface area contributed by atoms with Crippen LogP contribution in [0.3, 0.4) is 0 Å². The van der Waals surface area contributed by atoms with Crippen molar-refractivity contribution in [3.63, 3.8) is 0 Å². The van der Waals surface area contributed by atoms with Gasteiger partial charge in [0.1, 0.15) is 11.9 Å². The smallest absolute Gasteiger partial charge is 0.141 e. The Hall–Kier alpha value is -2.22. The van der Waals surface area contributed by atoms with E-state index in [9.17, 15) is 4.39 Å². The van der Waals surface area contributed by atoms with Gasteiger partial charge in [-0.3, -0.25) is 4.90 Å². The second-order valence-corrected chi connectivity index (χ2v) is 8.72. The molecule has 1 aliphatic carbocycles. The van der Waals surface area contributed by atoms with Crippen LogP contribution in [-0.2, 0) is 6.54 Å². The summed E-state index contributed by atoms with van der Waals surface area (Å²) in [7, 11) is 0. The van der Waals surface area contributed by atoms with Gasteiger partial charge in [0.15, 0.2) is 0 Å². The van der Waals surface area contributed by atoms with Gasteiger partial charge in [0, 0.05) is 25.7 Å². The van der Waals surface area contributed by atoms with Crippen molar-refractivity contribution in [2.45, 2.75) is 45.2 Å². The van der Waals surface area contributed by atoms with Crippen molar-refractivity contribution >= 4 is 0 Å². The van der Waals surface area contributed by atoms with E-state index in [2.05, 4.69) is 36.9 Å². The average Bonchev–Trinajstić information content (AvgIpc) is 3.42. The number of nitriles is 1. The minimum absolute atomic E-state index is 0.0937. The molecule has 2 N–H and O–H groups in total. The van der Waals surface area contributed by atoms with E-state index in [1.807, 2.05) is 12.1 Å². The number of hydrogen-bond donors (Lipinski definition) is 1. The molecule has 140 valence electrons. The number of nitrogens with zero attached hydrogens (tertiary/aromatic N) is 2. The largest absolute Gasteiger partial charge is 0.326 e. The Balaban J connectivity index is 1.70. The molecule has 1 unspecified atom stereocenters. The predicted molar refractivity (Wildman–Crippen MR) is 106 cm³/mol. The molecule has 0 bridgehead atoms. The molecular formula is C23H26FN3. The van der Waals surface area contributed by atoms with Crippen molar-refractivity contribution in [1.82, 2.24) is 4.90 Å². The highest BCUT2D eigenvalue weighted by atomic mass is 19.1. The SMILES string of the molecule is CC1(C)CN(Cc2cccc(-c3ccc(C#N)c(F)c3)c2C2CC2)CC1N. The van der Waals surface area contributed by atoms with Crippen molar-refractivity contribution in [3.8, 4) is 17.2 Å². The van der Waals surface area contributed by atoms with E-state index in [-0.39, 0.29) is 17.0 Å². The fourth-order valence-electron chi connectivity index (χ4n) is 4.27. The van der Waals surface area contributed by atoms with E-state index in [4.69, 9.17) is 11.0 Å². The van der Waals surface area contributed by atoms with E-state index in [0.717, 1.165) is 30.8 Å². The molecule has 0 radical (unpaired) electrons. The lowest BCUT2D eigenvalue weighted by molar-refractivity contribution is 0.281. The molecule has 0 amide bonds. The second-order valence-electron chi connectivity index (χ2n) is 8.72. The zero-order valence-corrected chi connectivity index (χ0v) is 16.0. The van der Waals surface area contributed by atoms with Gasteiger partial charge in [-0.05, 0) is 58.6 Å². The first kappa shape index (κ1) is 18.2. The maximum atomic E-state index is 14.2. The second kappa shape index (κ2) is 6.74. The van der Waals surface area contributed by atoms with Gasteiger partial charge in [0.25, 0.3) is 0 Å². The molecule has 0 aromatic heterocycles. The average molecular weight is 363 g/mol. The fourth-order valence-corrected chi connectivity index (χ4v) is 4.27. The van der Waals surface area contributed by atoms with Crippen LogP contribution in [0.25, 0.3) is 11.1 Å². The Bertz CT molecular complexity index is 908. The number of hydrogen-bond acceptors (Lipinski definition) is 3. The number of nitrogens with two attached hydrogens (primary N) is 1. The molecule has 2 aliphatic rings. The van der Waals surface area contributed by atoms with Crippen molar-refractivity contribution < 1.29 is 4.39 Å². The Morgan fingerprint density at radius 2 is 2.04 bits per heavy atom. The standard InChI is InChI=1S/C23H26FN3/c1-23(2)14-27(13-21(23)26)12-18-4-3-5-19(22(18)15-6-7-15)16-8-9-17(11-25)20(24)10-16/h3-5,8-10,15,21H,6-7,12-14,26H2,1-2H3. The normalized spacial score (nSPS) is 22.0. The van der Waals surface area contributed by atoms with Crippen LogP contribution in [-0.4, -0.2) is 24.0 Å². The van der Waals surface area contributed by atoms with Crippen LogP contribution in [0.15, 0.2) is 36.4 Å². The van der Waals surface area contributed by atoms with Gasteiger partial charge in [-0.25, -0.2) is 4.39 Å². The first-order valence-electron chi connectivity index (χ1n) is 9.69. The maximum absolute atomic E-state index is 14.2. The Morgan fingerprint density at radius 3 is 2.63 bits per heavy atom. The van der Waals surface area contributed by atoms with Gasteiger partial charge in [-0.2, -0.15) is 5.26 Å². The van der Waals surface area contributed by atoms with Gasteiger partial charge in [0.2, 0.25) is 0 Å². The van der Waals surface area contributed by atoms with Crippen molar-refractivity contribution in [2.24, 2.45) is 11.1 Å². The third-order valence-electron chi connectivity index (χ3n) is 6.07. The molecule has 1 saturated heterocycles. The lowest BCUT2D eigenvalue weighted by Gasteiger charge is -2.23. The third-order valence-corrected chi connectivity index (χ3v) is 6.07. The van der Waals surface area contributed by atoms with E-state index in [0.29, 0.717) is 5.92 Å². The van der Waals surface area contributed by atoms with Crippen molar-refractivity contribution in [1.29, 1.82) is 5.26 Å². The molecule has 1 heterocycles. The molecule has 2 aromatic rings. The van der Waals surface area contributed by atoms with Gasteiger partial charge < -0.3 is 5.73 Å². The molecular weight excluding hydrogens is 337 g/mol. The molecule has 1 aliphatic heterocycles. The van der Waals surface area contributed by atoms with Crippen molar-refractivity contribution in [2.75, 3.05) is 13.1 Å². The zero-order valence-electron chi connectivity index (χ0n) is 16.0. The highest BCUT2D eigenvalue weighted by Crippen LogP contribution is 2.47. The molecule has 2 fully saturated rings. The third kappa shape index (κ3) is 3.50. The minimum Gasteiger partial charge on any atom is -0.326 e. The maximum Gasteiger partial charge on any atom is 0.141 e. The van der Waals surface area contributed by atoms with Gasteiger partial charge in [-0.15, -0.1) is 0 Å². The molecule has 27 heavy (non-hydrogen) atoms. The van der Waals surface area contributed by atoms with Crippen LogP contribution >= 0.6 is 0 Å². The van der Waals surface area contributed by atoms with Crippen molar-refractivity contribution in [3.05, 3.63) is 58.9 Å². The summed E-state index contributed by atoms with van der Waals surface area (Å²) in [5, 5.41) is 8.99. The Labute approximate surface area is 160 Å². The highest BCUT2D eigenvalue weighted by Gasteiger charge is 2.37. The molecule has 0 spiro atoms. The lowest BCUT2D eigenvalue weighted by atomic mass is 9.88. The predicted octanol–water partition coefficient (Wildman–Crippen LogP) is 4.41. The first-order chi connectivity index (χ1) is 12.9. The van der Waals surface area contributed by atoms with Crippen LogP contribution in [0.4, 0.5) is 4.39 Å². The number of benzene rings is 2. The van der Waals surface area contributed by atoms with E-state index < -0.39 is 5.82 Å². The number of likely N-dealkylation sites (tertiary alicyclic amines) is 1. The Morgan fingerprint density at radius 1 is 1.26 bits per heavy atom. The van der Waals surface area contributed by atoms with Crippen LogP contribution in [0.2, 0.25) is 0 Å². The van der Waals surface area contributed by atoms with E-state index >= 15 is 0 Å². The lowest BCUT2D eigenvalue weighted by Crippen LogP contribution is -2.35. The quantitative estimate of drug-likeness (QED) is 0.875. The summed E-state index contributed by atoms with van der Waals surface area (Å²) in [6.45, 7) is 7.25. The minimum atomic E-state index is -0.450. The molecule has 3 nitrogen and oxygen atoms in total. The summed E-state index contributed by atoms with van der Waals surface area (Å²) in [5.74, 6) is 0.105. The summed E-state index contributed by atoms with van der Waals surface area (Å²) < 4.78 is 14.2. The number of rotatable bonds is 4. The van der Waals surface area contributed by atoms with Crippen LogP contribution in [0.5, 0.6) is 0 Å². The molecule has 4 rings (SSSR count). The van der Waals surface area contributed by atoms with Crippen LogP contribution in [0, 0.1) is 22.6 Å². The molecule has 4 heteroatoms. The summed E-state index contributed by atoms with van der Waals surface area (Å²) in [6, 6.07) is 13.4. The van der Waals surface area contributed by atoms with Crippen LogP contribution < -0.4 is 5.73 Å². The summed E-state index contributed by atoms with van der Waals surface area (Å²) >= 11 is 0. The first-order valence-corrected chi connectivity index (χ1v) is 9.69. The number of halogens is 1. The van der Waals surface area contributed by atoms with Gasteiger partial charge in [-0.1, -0.05) is 38.1 Å². The Kier molecular flexibility index (Phi) is 4.53. The molecule has 2 aromatic carbocycles. The summed E-state index contributed by atoms with van der Waals surface area (Å²) in [4.78, 5) is 2.44. The topological polar surface area (TPSA) is 53.0 Å².